The summed E-state index contributed by atoms with van der Waals surface area (Å²) in [5.74, 6) is 0.0244. The average Bonchev–Trinajstić information content (AvgIpc) is 2.77. The Kier molecular flexibility index (Phi) is 5.70. The molecule has 3 rings (SSSR count). The first-order valence-electron chi connectivity index (χ1n) is 9.56. The van der Waals surface area contributed by atoms with E-state index in [4.69, 9.17) is 4.74 Å². The fraction of sp³-hybridized carbons (Fsp3) is 0.364. The van der Waals surface area contributed by atoms with Crippen molar-refractivity contribution in [2.24, 2.45) is 0 Å². The number of carbonyl (C=O) groups excluding carboxylic acids is 2. The van der Waals surface area contributed by atoms with Crippen molar-refractivity contribution in [3.8, 4) is 0 Å². The van der Waals surface area contributed by atoms with Gasteiger partial charge < -0.3 is 9.22 Å². The molecule has 2 aromatic carbocycles. The van der Waals surface area contributed by atoms with E-state index in [1.807, 2.05) is 57.5 Å². The first-order valence-corrected chi connectivity index (χ1v) is 9.56. The second kappa shape index (κ2) is 8.02. The van der Waals surface area contributed by atoms with Gasteiger partial charge in [-0.25, -0.2) is 4.79 Å². The van der Waals surface area contributed by atoms with Crippen molar-refractivity contribution < 1.29 is 18.8 Å². The summed E-state index contributed by atoms with van der Waals surface area (Å²) in [4.78, 5) is 27.0. The first kappa shape index (κ1) is 19.9. The average molecular weight is 382 g/mol. The number of aryl methyl sites for hydroxylation is 2. The second-order valence-electron chi connectivity index (χ2n) is 8.00. The molecule has 1 aliphatic heterocycles. The van der Waals surface area contributed by atoms with Crippen molar-refractivity contribution >= 4 is 29.1 Å². The lowest BCUT2D eigenvalue weighted by atomic mass is 10.0. The molecule has 28 heavy (non-hydrogen) atoms. The molecule has 0 aromatic heterocycles. The number of fused-ring (bicyclic) bond motifs is 2. The van der Waals surface area contributed by atoms with Gasteiger partial charge in [0.25, 0.3) is 5.91 Å². The van der Waals surface area contributed by atoms with Gasteiger partial charge in [-0.05, 0) is 49.1 Å². The number of likely N-dealkylation sites (N-methyl/N-ethyl adjacent to an activating group) is 1. The third kappa shape index (κ3) is 4.51. The quantitative estimate of drug-likeness (QED) is 0.820. The van der Waals surface area contributed by atoms with Gasteiger partial charge in [0.1, 0.15) is 0 Å². The number of para-hydroxylation sites is 1. The molecule has 1 aliphatic rings. The maximum absolute atomic E-state index is 13.3. The van der Waals surface area contributed by atoms with E-state index in [1.54, 1.807) is 11.8 Å². The van der Waals surface area contributed by atoms with Crippen LogP contribution in [0, 0.1) is 0 Å². The highest BCUT2D eigenvalue weighted by atomic mass is 16.5. The zero-order chi connectivity index (χ0) is 20.3. The molecule has 6 nitrogen and oxygen atoms in total. The van der Waals surface area contributed by atoms with Crippen LogP contribution in [0.4, 0.5) is 21.9 Å². The van der Waals surface area contributed by atoms with Gasteiger partial charge >= 0.3 is 6.09 Å². The minimum Gasteiger partial charge on any atom is -0.450 e. The summed E-state index contributed by atoms with van der Waals surface area (Å²) in [6, 6.07) is 13.7. The van der Waals surface area contributed by atoms with Crippen LogP contribution in [-0.4, -0.2) is 50.8 Å². The van der Waals surface area contributed by atoms with Crippen LogP contribution in [0.2, 0.25) is 0 Å². The summed E-state index contributed by atoms with van der Waals surface area (Å²) in [5, 5.41) is 2.74. The van der Waals surface area contributed by atoms with E-state index in [-0.39, 0.29) is 5.91 Å². The van der Waals surface area contributed by atoms with Gasteiger partial charge in [0.05, 0.1) is 39.1 Å². The van der Waals surface area contributed by atoms with E-state index < -0.39 is 6.09 Å². The molecular formula is C22H28N3O3+. The van der Waals surface area contributed by atoms with Crippen molar-refractivity contribution in [3.63, 3.8) is 0 Å². The van der Waals surface area contributed by atoms with Crippen molar-refractivity contribution in [3.05, 3.63) is 53.6 Å². The third-order valence-corrected chi connectivity index (χ3v) is 4.60. The molecule has 0 bridgehead atoms. The minimum atomic E-state index is -0.499. The smallest absolute Gasteiger partial charge is 0.411 e. The number of hydrogen-bond donors (Lipinski definition) is 1. The number of amides is 2. The summed E-state index contributed by atoms with van der Waals surface area (Å²) in [5.41, 5.74) is 4.57. The topological polar surface area (TPSA) is 58.6 Å². The van der Waals surface area contributed by atoms with E-state index in [1.165, 1.54) is 0 Å². The number of rotatable bonds is 4. The van der Waals surface area contributed by atoms with Gasteiger partial charge in [0.15, 0.2) is 6.54 Å². The number of anilines is 3. The fourth-order valence-electron chi connectivity index (χ4n) is 3.43. The molecule has 0 radical (unpaired) electrons. The number of ether oxygens (including phenoxy) is 1. The summed E-state index contributed by atoms with van der Waals surface area (Å²) >= 11 is 0. The lowest BCUT2D eigenvalue weighted by Crippen LogP contribution is -2.45. The maximum Gasteiger partial charge on any atom is 0.411 e. The van der Waals surface area contributed by atoms with Gasteiger partial charge in [-0.15, -0.1) is 0 Å². The Morgan fingerprint density at radius 3 is 2.39 bits per heavy atom. The minimum absolute atomic E-state index is 0.0244. The van der Waals surface area contributed by atoms with E-state index in [2.05, 4.69) is 11.4 Å². The molecule has 1 N–H and O–H groups in total. The molecular weight excluding hydrogens is 354 g/mol. The van der Waals surface area contributed by atoms with Crippen LogP contribution in [-0.2, 0) is 22.4 Å². The second-order valence-corrected chi connectivity index (χ2v) is 8.00. The van der Waals surface area contributed by atoms with Crippen LogP contribution < -0.4 is 10.2 Å². The summed E-state index contributed by atoms with van der Waals surface area (Å²) in [7, 11) is 6.00. The van der Waals surface area contributed by atoms with Crippen molar-refractivity contribution in [2.45, 2.75) is 19.8 Å². The van der Waals surface area contributed by atoms with E-state index in [0.29, 0.717) is 23.3 Å². The summed E-state index contributed by atoms with van der Waals surface area (Å²) in [6.45, 7) is 2.43. The van der Waals surface area contributed by atoms with Crippen LogP contribution in [0.5, 0.6) is 0 Å². The first-order chi connectivity index (χ1) is 13.3. The molecule has 0 spiro atoms. The van der Waals surface area contributed by atoms with Crippen LogP contribution in [0.15, 0.2) is 42.5 Å². The molecule has 0 atom stereocenters. The normalized spacial score (nSPS) is 13.2. The molecule has 0 saturated heterocycles. The van der Waals surface area contributed by atoms with Crippen LogP contribution in [0.25, 0.3) is 0 Å². The Bertz CT molecular complexity index is 887. The van der Waals surface area contributed by atoms with Gasteiger partial charge in [0.2, 0.25) is 0 Å². The highest BCUT2D eigenvalue weighted by Gasteiger charge is 2.29. The number of hydrogen-bond acceptors (Lipinski definition) is 3. The Balaban J connectivity index is 2.06. The van der Waals surface area contributed by atoms with Gasteiger partial charge in [-0.1, -0.05) is 24.3 Å². The molecule has 148 valence electrons. The third-order valence-electron chi connectivity index (χ3n) is 4.60. The van der Waals surface area contributed by atoms with Gasteiger partial charge in [0, 0.05) is 5.69 Å². The Hall–Kier alpha value is -2.86. The predicted molar refractivity (Wildman–Crippen MR) is 111 cm³/mol. The highest BCUT2D eigenvalue weighted by molar-refractivity contribution is 6.03. The fourth-order valence-corrected chi connectivity index (χ4v) is 3.43. The summed E-state index contributed by atoms with van der Waals surface area (Å²) in [6.07, 6.45) is 1.20. The van der Waals surface area contributed by atoms with Gasteiger partial charge in [-0.2, -0.15) is 0 Å². The molecule has 0 saturated carbocycles. The number of nitrogens with one attached hydrogen (secondary N) is 1. The van der Waals surface area contributed by atoms with Crippen molar-refractivity contribution in [1.82, 2.24) is 0 Å². The molecule has 1 heterocycles. The molecule has 2 amide bonds. The molecule has 0 fully saturated rings. The summed E-state index contributed by atoms with van der Waals surface area (Å²) < 4.78 is 5.51. The lowest BCUT2D eigenvalue weighted by Gasteiger charge is -2.30. The Morgan fingerprint density at radius 2 is 1.71 bits per heavy atom. The Labute approximate surface area is 166 Å². The van der Waals surface area contributed by atoms with E-state index in [9.17, 15) is 9.59 Å². The Morgan fingerprint density at radius 1 is 1.04 bits per heavy atom. The van der Waals surface area contributed by atoms with E-state index >= 15 is 0 Å². The molecule has 0 unspecified atom stereocenters. The zero-order valence-corrected chi connectivity index (χ0v) is 17.0. The largest absolute Gasteiger partial charge is 0.450 e. The number of quaternary nitrogens is 1. The van der Waals surface area contributed by atoms with E-state index in [0.717, 1.165) is 35.3 Å². The van der Waals surface area contributed by atoms with Crippen LogP contribution >= 0.6 is 0 Å². The monoisotopic (exact) mass is 382 g/mol. The zero-order valence-electron chi connectivity index (χ0n) is 17.0. The van der Waals surface area contributed by atoms with Crippen LogP contribution in [0.1, 0.15) is 18.1 Å². The maximum atomic E-state index is 13.3. The molecule has 2 aromatic rings. The highest BCUT2D eigenvalue weighted by Crippen LogP contribution is 2.37. The molecule has 0 aliphatic carbocycles. The lowest BCUT2D eigenvalue weighted by molar-refractivity contribution is -0.862. The van der Waals surface area contributed by atoms with Crippen molar-refractivity contribution in [1.29, 1.82) is 0 Å². The SMILES string of the molecule is CCOC(=O)Nc1ccc2c(c1)N(C(=O)C[N+](C)(C)C)c1ccccc1CC2. The van der Waals surface area contributed by atoms with Crippen LogP contribution in [0.3, 0.4) is 0 Å². The van der Waals surface area contributed by atoms with Crippen molar-refractivity contribution in [2.75, 3.05) is 44.5 Å². The predicted octanol–water partition coefficient (Wildman–Crippen LogP) is 3.72. The van der Waals surface area contributed by atoms with Gasteiger partial charge in [-0.3, -0.25) is 15.0 Å². The molecule has 6 heteroatoms. The number of benzene rings is 2. The number of carbonyl (C=O) groups is 2. The number of nitrogens with zero attached hydrogens (tertiary/aromatic N) is 2. The standard InChI is InChI=1S/C22H27N3O3/c1-5-28-22(27)23-18-13-12-17-11-10-16-8-6-7-9-19(16)24(20(17)14-18)21(26)15-25(2,3)4/h6-9,12-14H,5,10-11,15H2,1-4H3/p+1.